The Kier molecular flexibility index (Phi) is 6.20. The van der Waals surface area contributed by atoms with E-state index in [1.54, 1.807) is 25.6 Å². The first-order valence-corrected chi connectivity index (χ1v) is 9.89. The van der Waals surface area contributed by atoms with Crippen LogP contribution in [0.1, 0.15) is 5.56 Å². The van der Waals surface area contributed by atoms with Crippen molar-refractivity contribution < 1.29 is 9.47 Å². The number of anilines is 1. The van der Waals surface area contributed by atoms with Crippen molar-refractivity contribution in [3.05, 3.63) is 33.7 Å². The van der Waals surface area contributed by atoms with Crippen molar-refractivity contribution in [2.75, 3.05) is 45.3 Å². The van der Waals surface area contributed by atoms with Crippen molar-refractivity contribution >= 4 is 38.4 Å². The number of hydrogen-bond donors (Lipinski definition) is 1. The molecule has 0 unspecified atom stereocenters. The van der Waals surface area contributed by atoms with E-state index < -0.39 is 0 Å². The quantitative estimate of drug-likeness (QED) is 0.569. The number of nitrogens with zero attached hydrogens (tertiary/aromatic N) is 4. The highest BCUT2D eigenvalue weighted by Crippen LogP contribution is 2.36. The summed E-state index contributed by atoms with van der Waals surface area (Å²) in [6, 6.07) is 3.89. The number of hydrogen-bond acceptors (Lipinski definition) is 6. The normalized spacial score (nSPS) is 15.3. The van der Waals surface area contributed by atoms with Crippen LogP contribution in [0.4, 0.5) is 5.13 Å². The molecule has 1 aromatic carbocycles. The van der Waals surface area contributed by atoms with Crippen LogP contribution in [0.15, 0.2) is 33.2 Å². The Morgan fingerprint density at radius 2 is 2.04 bits per heavy atom. The average molecular weight is 440 g/mol. The van der Waals surface area contributed by atoms with Crippen molar-refractivity contribution in [3.8, 4) is 11.5 Å². The first-order valence-electron chi connectivity index (χ1n) is 8.22. The fraction of sp³-hybridized carbons (Fsp3) is 0.412. The molecule has 3 rings (SSSR count). The molecule has 2 N–H and O–H groups in total. The number of thiazole rings is 1. The largest absolute Gasteiger partial charge is 0.493 e. The summed E-state index contributed by atoms with van der Waals surface area (Å²) < 4.78 is 11.5. The van der Waals surface area contributed by atoms with E-state index in [0.29, 0.717) is 24.0 Å². The molecule has 9 heteroatoms. The molecule has 0 saturated carbocycles. The van der Waals surface area contributed by atoms with E-state index in [1.807, 2.05) is 23.7 Å². The molecule has 1 aliphatic heterocycles. The molecule has 1 fully saturated rings. The van der Waals surface area contributed by atoms with Crippen molar-refractivity contribution in [2.45, 2.75) is 6.54 Å². The van der Waals surface area contributed by atoms with Gasteiger partial charge < -0.3 is 25.0 Å². The standard InChI is InChI=1S/C17H22BrN5O2S/c1-24-14-10-12(9-13(18)15(14)25-2)11-21-16(19)22-4-6-23(7-5-22)17-20-3-8-26-17/h3,8-10H,4-7,11H2,1-2H3,(H2,19,21). The lowest BCUT2D eigenvalue weighted by atomic mass is 10.2. The van der Waals surface area contributed by atoms with Crippen molar-refractivity contribution in [1.82, 2.24) is 9.88 Å². The number of rotatable bonds is 5. The van der Waals surface area contributed by atoms with Gasteiger partial charge in [0.25, 0.3) is 0 Å². The van der Waals surface area contributed by atoms with Crippen LogP contribution in [0.5, 0.6) is 11.5 Å². The number of methoxy groups -OCH3 is 2. The number of aliphatic imine (C=N–C) groups is 1. The van der Waals surface area contributed by atoms with E-state index >= 15 is 0 Å². The molecule has 1 aromatic heterocycles. The molecule has 140 valence electrons. The molecule has 2 aromatic rings. The van der Waals surface area contributed by atoms with Gasteiger partial charge in [-0.25, -0.2) is 9.98 Å². The maximum Gasteiger partial charge on any atom is 0.191 e. The maximum atomic E-state index is 6.20. The fourth-order valence-corrected chi connectivity index (χ4v) is 4.18. The van der Waals surface area contributed by atoms with Gasteiger partial charge in [0.05, 0.1) is 25.2 Å². The van der Waals surface area contributed by atoms with Crippen LogP contribution in [-0.4, -0.2) is 56.2 Å². The molecule has 0 amide bonds. The second-order valence-corrected chi connectivity index (χ2v) is 7.50. The third kappa shape index (κ3) is 4.21. The molecule has 7 nitrogen and oxygen atoms in total. The lowest BCUT2D eigenvalue weighted by Gasteiger charge is -2.35. The summed E-state index contributed by atoms with van der Waals surface area (Å²) in [6.45, 7) is 3.95. The zero-order valence-electron chi connectivity index (χ0n) is 14.8. The van der Waals surface area contributed by atoms with Crippen molar-refractivity contribution in [2.24, 2.45) is 10.7 Å². The van der Waals surface area contributed by atoms with Gasteiger partial charge in [0.15, 0.2) is 22.6 Å². The van der Waals surface area contributed by atoms with Gasteiger partial charge in [0.1, 0.15) is 0 Å². The molecule has 0 radical (unpaired) electrons. The number of aromatic nitrogens is 1. The van der Waals surface area contributed by atoms with E-state index in [9.17, 15) is 0 Å². The summed E-state index contributed by atoms with van der Waals surface area (Å²) in [5.74, 6) is 1.91. The predicted molar refractivity (Wildman–Crippen MR) is 108 cm³/mol. The minimum atomic E-state index is 0.484. The Balaban J connectivity index is 1.61. The molecule has 1 saturated heterocycles. The van der Waals surface area contributed by atoms with E-state index in [2.05, 4.69) is 35.7 Å². The second-order valence-electron chi connectivity index (χ2n) is 5.78. The summed E-state index contributed by atoms with van der Waals surface area (Å²) in [7, 11) is 3.23. The second kappa shape index (κ2) is 8.59. The lowest BCUT2D eigenvalue weighted by molar-refractivity contribution is 0.352. The monoisotopic (exact) mass is 439 g/mol. The maximum absolute atomic E-state index is 6.20. The van der Waals surface area contributed by atoms with Crippen molar-refractivity contribution in [1.29, 1.82) is 0 Å². The van der Waals surface area contributed by atoms with Crippen LogP contribution in [0, 0.1) is 0 Å². The number of halogens is 1. The number of nitrogens with two attached hydrogens (primary N) is 1. The zero-order chi connectivity index (χ0) is 18.5. The van der Waals surface area contributed by atoms with Crippen LogP contribution in [0.3, 0.4) is 0 Å². The zero-order valence-corrected chi connectivity index (χ0v) is 17.2. The molecule has 0 spiro atoms. The lowest BCUT2D eigenvalue weighted by Crippen LogP contribution is -2.51. The molecular formula is C17H22BrN5O2S. The van der Waals surface area contributed by atoms with Crippen molar-refractivity contribution in [3.63, 3.8) is 0 Å². The summed E-state index contributed by atoms with van der Waals surface area (Å²) in [5, 5.41) is 3.06. The third-order valence-electron chi connectivity index (χ3n) is 4.21. The highest BCUT2D eigenvalue weighted by atomic mass is 79.9. The highest BCUT2D eigenvalue weighted by molar-refractivity contribution is 9.10. The van der Waals surface area contributed by atoms with Gasteiger partial charge in [-0.3, -0.25) is 0 Å². The Labute approximate surface area is 165 Å². The third-order valence-corrected chi connectivity index (χ3v) is 5.63. The van der Waals surface area contributed by atoms with Gasteiger partial charge in [0.2, 0.25) is 0 Å². The Hall–Kier alpha value is -2.00. The summed E-state index contributed by atoms with van der Waals surface area (Å²) in [4.78, 5) is 13.3. The van der Waals surface area contributed by atoms with Gasteiger partial charge in [-0.05, 0) is 33.6 Å². The van der Waals surface area contributed by atoms with Crippen LogP contribution >= 0.6 is 27.3 Å². The molecular weight excluding hydrogens is 418 g/mol. The van der Waals surface area contributed by atoms with E-state index in [4.69, 9.17) is 15.2 Å². The van der Waals surface area contributed by atoms with Crippen LogP contribution in [0.25, 0.3) is 0 Å². The summed E-state index contributed by atoms with van der Waals surface area (Å²) in [6.07, 6.45) is 1.84. The molecule has 0 bridgehead atoms. The number of benzene rings is 1. The van der Waals surface area contributed by atoms with Gasteiger partial charge in [-0.1, -0.05) is 0 Å². The molecule has 0 atom stereocenters. The van der Waals surface area contributed by atoms with Gasteiger partial charge >= 0.3 is 0 Å². The molecule has 2 heterocycles. The highest BCUT2D eigenvalue weighted by Gasteiger charge is 2.20. The van der Waals surface area contributed by atoms with E-state index in [-0.39, 0.29) is 0 Å². The first kappa shape index (κ1) is 18.8. The van der Waals surface area contributed by atoms with Gasteiger partial charge in [-0.15, -0.1) is 11.3 Å². The number of piperazine rings is 1. The van der Waals surface area contributed by atoms with E-state index in [0.717, 1.165) is 41.3 Å². The smallest absolute Gasteiger partial charge is 0.191 e. The Morgan fingerprint density at radius 3 is 2.65 bits per heavy atom. The fourth-order valence-electron chi connectivity index (χ4n) is 2.83. The minimum absolute atomic E-state index is 0.484. The Morgan fingerprint density at radius 1 is 1.27 bits per heavy atom. The predicted octanol–water partition coefficient (Wildman–Crippen LogP) is 2.56. The van der Waals surface area contributed by atoms with Gasteiger partial charge in [0, 0.05) is 37.8 Å². The number of guanidine groups is 1. The minimum Gasteiger partial charge on any atom is -0.493 e. The van der Waals surface area contributed by atoms with Crippen LogP contribution < -0.4 is 20.1 Å². The molecule has 1 aliphatic rings. The SMILES string of the molecule is COc1cc(CN=C(N)N2CCN(c3nccs3)CC2)cc(Br)c1OC. The van der Waals surface area contributed by atoms with Gasteiger partial charge in [-0.2, -0.15) is 0 Å². The Bertz CT molecular complexity index is 761. The number of ether oxygens (including phenoxy) is 2. The average Bonchev–Trinajstić information content (AvgIpc) is 3.20. The summed E-state index contributed by atoms with van der Waals surface area (Å²) >= 11 is 5.17. The molecule has 0 aliphatic carbocycles. The van der Waals surface area contributed by atoms with Crippen LogP contribution in [0.2, 0.25) is 0 Å². The summed E-state index contributed by atoms with van der Waals surface area (Å²) in [5.41, 5.74) is 7.20. The van der Waals surface area contributed by atoms with E-state index in [1.165, 1.54) is 0 Å². The molecule has 26 heavy (non-hydrogen) atoms. The topological polar surface area (TPSA) is 76.2 Å². The first-order chi connectivity index (χ1) is 12.6. The van der Waals surface area contributed by atoms with Crippen LogP contribution in [-0.2, 0) is 6.54 Å².